The second kappa shape index (κ2) is 7.18. The molecule has 0 spiro atoms. The van der Waals surface area contributed by atoms with Crippen molar-refractivity contribution in [2.45, 2.75) is 38.5 Å². The highest BCUT2D eigenvalue weighted by Gasteiger charge is 2.41. The Morgan fingerprint density at radius 2 is 1.48 bits per heavy atom. The van der Waals surface area contributed by atoms with E-state index in [2.05, 4.69) is 70.2 Å². The molecule has 0 saturated carbocycles. The average molecular weight is 402 g/mol. The standard InChI is InChI=1S/C22H27O3PS/c1-16-10-5-7-14-21(16,3)18-12-9-13-19(25-26(23,24)27)20(18)22(4)15-8-6-11-17(22)2/h5-17H,1-4H3,(H2,23,24,27). The van der Waals surface area contributed by atoms with Crippen molar-refractivity contribution < 1.29 is 14.3 Å². The smallest absolute Gasteiger partial charge is 0.375 e. The van der Waals surface area contributed by atoms with Gasteiger partial charge in [0.05, 0.1) is 0 Å². The molecular formula is C22H27O3PS. The predicted molar refractivity (Wildman–Crippen MR) is 115 cm³/mol. The van der Waals surface area contributed by atoms with Crippen molar-refractivity contribution >= 4 is 18.5 Å². The second-order valence-corrected chi connectivity index (χ2v) is 10.5. The third kappa shape index (κ3) is 3.77. The summed E-state index contributed by atoms with van der Waals surface area (Å²) in [4.78, 5) is 19.7. The summed E-state index contributed by atoms with van der Waals surface area (Å²) in [6, 6.07) is 5.80. The number of rotatable bonds is 4. The van der Waals surface area contributed by atoms with Crippen molar-refractivity contribution in [3.05, 3.63) is 77.9 Å². The summed E-state index contributed by atoms with van der Waals surface area (Å²) >= 11 is 4.79. The van der Waals surface area contributed by atoms with Gasteiger partial charge in [-0.15, -0.1) is 0 Å². The summed E-state index contributed by atoms with van der Waals surface area (Å²) < 4.78 is 5.55. The van der Waals surface area contributed by atoms with Crippen LogP contribution in [0.3, 0.4) is 0 Å². The molecule has 1 aromatic rings. The van der Waals surface area contributed by atoms with Crippen LogP contribution < -0.4 is 4.52 Å². The fourth-order valence-electron chi connectivity index (χ4n) is 4.06. The maximum atomic E-state index is 9.86. The van der Waals surface area contributed by atoms with Gasteiger partial charge in [0.2, 0.25) is 0 Å². The van der Waals surface area contributed by atoms with Crippen molar-refractivity contribution in [3.63, 3.8) is 0 Å². The lowest BCUT2D eigenvalue weighted by atomic mass is 9.62. The van der Waals surface area contributed by atoms with E-state index in [-0.39, 0.29) is 22.7 Å². The minimum Gasteiger partial charge on any atom is -0.424 e. The Labute approximate surface area is 167 Å². The Morgan fingerprint density at radius 1 is 0.926 bits per heavy atom. The van der Waals surface area contributed by atoms with Crippen LogP contribution in [0, 0.1) is 11.8 Å². The van der Waals surface area contributed by atoms with E-state index in [1.807, 2.05) is 18.2 Å². The molecule has 27 heavy (non-hydrogen) atoms. The van der Waals surface area contributed by atoms with Crippen LogP contribution in [0.5, 0.6) is 5.75 Å². The highest BCUT2D eigenvalue weighted by Crippen LogP contribution is 2.51. The second-order valence-electron chi connectivity index (χ2n) is 7.89. The van der Waals surface area contributed by atoms with Crippen molar-refractivity contribution in [2.24, 2.45) is 11.8 Å². The van der Waals surface area contributed by atoms with E-state index in [1.165, 1.54) is 0 Å². The first-order valence-corrected chi connectivity index (χ1v) is 11.8. The lowest BCUT2D eigenvalue weighted by molar-refractivity contribution is 0.355. The third-order valence-electron chi connectivity index (χ3n) is 6.16. The molecule has 4 atom stereocenters. The maximum Gasteiger partial charge on any atom is 0.375 e. The summed E-state index contributed by atoms with van der Waals surface area (Å²) in [6.45, 7) is 4.88. The fraction of sp³-hybridized carbons (Fsp3) is 0.364. The molecule has 0 bridgehead atoms. The Kier molecular flexibility index (Phi) is 5.39. The Bertz CT molecular complexity index is 895. The van der Waals surface area contributed by atoms with E-state index in [9.17, 15) is 9.79 Å². The molecule has 0 saturated heterocycles. The fourth-order valence-corrected chi connectivity index (χ4v) is 4.71. The summed E-state index contributed by atoms with van der Waals surface area (Å²) in [5.41, 5.74) is 1.48. The van der Waals surface area contributed by atoms with E-state index in [0.29, 0.717) is 5.75 Å². The van der Waals surface area contributed by atoms with Gasteiger partial charge in [0.15, 0.2) is 0 Å². The van der Waals surface area contributed by atoms with Gasteiger partial charge in [-0.2, -0.15) is 0 Å². The van der Waals surface area contributed by atoms with Gasteiger partial charge in [-0.25, -0.2) is 0 Å². The van der Waals surface area contributed by atoms with Crippen LogP contribution in [0.4, 0.5) is 0 Å². The molecule has 0 amide bonds. The Balaban J connectivity index is 2.29. The van der Waals surface area contributed by atoms with Crippen molar-refractivity contribution in [1.82, 2.24) is 0 Å². The zero-order valence-electron chi connectivity index (χ0n) is 16.2. The van der Waals surface area contributed by atoms with Gasteiger partial charge in [0.25, 0.3) is 0 Å². The molecule has 0 aliphatic heterocycles. The van der Waals surface area contributed by atoms with Gasteiger partial charge in [-0.05, 0) is 23.5 Å². The average Bonchev–Trinajstić information content (AvgIpc) is 2.59. The highest BCUT2D eigenvalue weighted by molar-refractivity contribution is 8.06. The largest absolute Gasteiger partial charge is 0.424 e. The predicted octanol–water partition coefficient (Wildman–Crippen LogP) is 5.31. The lowest BCUT2D eigenvalue weighted by Crippen LogP contribution is -2.36. The van der Waals surface area contributed by atoms with E-state index in [0.717, 1.165) is 11.1 Å². The van der Waals surface area contributed by atoms with Crippen LogP contribution in [0.2, 0.25) is 0 Å². The van der Waals surface area contributed by atoms with Crippen LogP contribution in [0.25, 0.3) is 0 Å². The molecule has 2 aliphatic rings. The first-order valence-electron chi connectivity index (χ1n) is 9.19. The maximum absolute atomic E-state index is 9.86. The molecule has 0 fully saturated rings. The van der Waals surface area contributed by atoms with Gasteiger partial charge in [0, 0.05) is 28.2 Å². The highest BCUT2D eigenvalue weighted by atomic mass is 32.5. The number of benzene rings is 1. The van der Waals surface area contributed by atoms with Crippen LogP contribution in [0.1, 0.15) is 38.8 Å². The lowest BCUT2D eigenvalue weighted by Gasteiger charge is -2.42. The van der Waals surface area contributed by atoms with Crippen LogP contribution in [-0.4, -0.2) is 9.79 Å². The van der Waals surface area contributed by atoms with Gasteiger partial charge in [-0.3, -0.25) is 0 Å². The molecule has 2 aliphatic carbocycles. The molecule has 144 valence electrons. The minimum atomic E-state index is -3.85. The van der Waals surface area contributed by atoms with Gasteiger partial charge in [-0.1, -0.05) is 88.4 Å². The molecule has 2 N–H and O–H groups in total. The van der Waals surface area contributed by atoms with Gasteiger partial charge < -0.3 is 14.3 Å². The first kappa shape index (κ1) is 20.3. The monoisotopic (exact) mass is 402 g/mol. The first-order chi connectivity index (χ1) is 12.6. The molecule has 4 unspecified atom stereocenters. The van der Waals surface area contributed by atoms with E-state index in [1.54, 1.807) is 6.07 Å². The van der Waals surface area contributed by atoms with E-state index < -0.39 is 6.72 Å². The van der Waals surface area contributed by atoms with Crippen LogP contribution in [0.15, 0.2) is 66.8 Å². The van der Waals surface area contributed by atoms with E-state index in [4.69, 9.17) is 16.3 Å². The summed E-state index contributed by atoms with van der Waals surface area (Å²) in [5.74, 6) is 0.944. The Hall–Kier alpha value is -1.45. The van der Waals surface area contributed by atoms with Crippen LogP contribution >= 0.6 is 6.72 Å². The molecule has 0 heterocycles. The van der Waals surface area contributed by atoms with Crippen LogP contribution in [-0.2, 0) is 22.6 Å². The van der Waals surface area contributed by atoms with Gasteiger partial charge >= 0.3 is 6.72 Å². The molecular weight excluding hydrogens is 375 g/mol. The van der Waals surface area contributed by atoms with Crippen molar-refractivity contribution in [1.29, 1.82) is 0 Å². The molecule has 3 nitrogen and oxygen atoms in total. The zero-order valence-corrected chi connectivity index (χ0v) is 17.9. The number of hydrogen-bond acceptors (Lipinski definition) is 2. The molecule has 3 rings (SSSR count). The quantitative estimate of drug-likeness (QED) is 0.670. The summed E-state index contributed by atoms with van der Waals surface area (Å²) in [7, 11) is 0. The minimum absolute atomic E-state index is 0.211. The number of allylic oxidation sites excluding steroid dienone is 8. The van der Waals surface area contributed by atoms with Crippen molar-refractivity contribution in [3.8, 4) is 5.75 Å². The normalized spacial score (nSPS) is 32.7. The summed E-state index contributed by atoms with van der Waals surface area (Å²) in [5, 5.41) is 0. The zero-order chi connectivity index (χ0) is 19.9. The molecule has 1 aromatic carbocycles. The molecule has 0 aromatic heterocycles. The summed E-state index contributed by atoms with van der Waals surface area (Å²) in [6.07, 6.45) is 17.0. The number of hydrogen-bond donors (Lipinski definition) is 2. The molecule has 5 heteroatoms. The van der Waals surface area contributed by atoms with E-state index >= 15 is 0 Å². The third-order valence-corrected chi connectivity index (χ3v) is 6.82. The van der Waals surface area contributed by atoms with Crippen molar-refractivity contribution in [2.75, 3.05) is 0 Å². The topological polar surface area (TPSA) is 49.7 Å². The van der Waals surface area contributed by atoms with Gasteiger partial charge in [0.1, 0.15) is 5.75 Å². The SMILES string of the molecule is CC1C=CC=CC1(C)c1cccc(OP(O)(O)=S)c1C1(C)C=CC=CC1C. The Morgan fingerprint density at radius 3 is 2.00 bits per heavy atom. The molecule has 0 radical (unpaired) electrons.